The normalized spacial score (nSPS) is 27.9. The van der Waals surface area contributed by atoms with Crippen LogP contribution in [-0.2, 0) is 0 Å². The highest BCUT2D eigenvalue weighted by atomic mass is 32.1. The topological polar surface area (TPSA) is 37.8 Å². The van der Waals surface area contributed by atoms with Gasteiger partial charge in [0.1, 0.15) is 0 Å². The van der Waals surface area contributed by atoms with E-state index in [0.717, 1.165) is 17.5 Å². The minimum absolute atomic E-state index is 0.413. The van der Waals surface area contributed by atoms with Gasteiger partial charge in [0, 0.05) is 5.38 Å². The maximum atomic E-state index is 4.21. The summed E-state index contributed by atoms with van der Waals surface area (Å²) < 4.78 is 3.97. The van der Waals surface area contributed by atoms with Gasteiger partial charge < -0.3 is 5.32 Å². The molecule has 0 aliphatic heterocycles. The SMILES string of the molecule is CCC1CCC(C(NC)c2csnn2)CC1. The van der Waals surface area contributed by atoms with E-state index in [1.54, 1.807) is 0 Å². The molecular weight excluding hydrogens is 218 g/mol. The molecule has 0 amide bonds. The van der Waals surface area contributed by atoms with Crippen LogP contribution in [0.5, 0.6) is 0 Å². The van der Waals surface area contributed by atoms with Crippen molar-refractivity contribution >= 4 is 11.5 Å². The van der Waals surface area contributed by atoms with Gasteiger partial charge in [0.25, 0.3) is 0 Å². The van der Waals surface area contributed by atoms with Crippen molar-refractivity contribution in [3.05, 3.63) is 11.1 Å². The van der Waals surface area contributed by atoms with Gasteiger partial charge in [-0.05, 0) is 43.3 Å². The molecule has 1 aromatic heterocycles. The lowest BCUT2D eigenvalue weighted by Crippen LogP contribution is -2.29. The fourth-order valence-corrected chi connectivity index (χ4v) is 3.35. The van der Waals surface area contributed by atoms with Crippen molar-refractivity contribution in [2.24, 2.45) is 11.8 Å². The molecule has 2 rings (SSSR count). The second kappa shape index (κ2) is 5.73. The summed E-state index contributed by atoms with van der Waals surface area (Å²) in [6, 6.07) is 0.413. The van der Waals surface area contributed by atoms with Crippen LogP contribution in [0.4, 0.5) is 0 Å². The molecule has 3 nitrogen and oxygen atoms in total. The van der Waals surface area contributed by atoms with Crippen LogP contribution in [-0.4, -0.2) is 16.6 Å². The second-order valence-corrected chi connectivity index (χ2v) is 5.39. The molecule has 0 bridgehead atoms. The van der Waals surface area contributed by atoms with Gasteiger partial charge in [-0.2, -0.15) is 0 Å². The molecule has 1 aromatic rings. The Bertz CT molecular complexity index is 291. The van der Waals surface area contributed by atoms with Crippen molar-refractivity contribution in [1.82, 2.24) is 14.9 Å². The third-order valence-electron chi connectivity index (χ3n) is 3.95. The lowest BCUT2D eigenvalue weighted by Gasteiger charge is -2.32. The summed E-state index contributed by atoms with van der Waals surface area (Å²) in [5, 5.41) is 9.70. The lowest BCUT2D eigenvalue weighted by molar-refractivity contribution is 0.222. The molecule has 1 unspecified atom stereocenters. The van der Waals surface area contributed by atoms with Crippen LogP contribution in [0, 0.1) is 11.8 Å². The van der Waals surface area contributed by atoms with Crippen molar-refractivity contribution in [3.63, 3.8) is 0 Å². The maximum absolute atomic E-state index is 4.21. The third-order valence-corrected chi connectivity index (χ3v) is 4.47. The maximum Gasteiger partial charge on any atom is 0.0927 e. The number of nitrogens with one attached hydrogen (secondary N) is 1. The Kier molecular flexibility index (Phi) is 4.29. The molecular formula is C12H21N3S. The van der Waals surface area contributed by atoms with E-state index in [9.17, 15) is 0 Å². The van der Waals surface area contributed by atoms with E-state index in [4.69, 9.17) is 0 Å². The largest absolute Gasteiger partial charge is 0.311 e. The van der Waals surface area contributed by atoms with E-state index < -0.39 is 0 Å². The molecule has 1 aliphatic carbocycles. The second-order valence-electron chi connectivity index (χ2n) is 4.79. The van der Waals surface area contributed by atoms with Crippen LogP contribution in [0.25, 0.3) is 0 Å². The Balaban J connectivity index is 1.96. The van der Waals surface area contributed by atoms with Gasteiger partial charge in [-0.25, -0.2) is 0 Å². The number of nitrogens with zero attached hydrogens (tertiary/aromatic N) is 2. The number of rotatable bonds is 4. The fourth-order valence-electron chi connectivity index (χ4n) is 2.86. The Hall–Kier alpha value is -0.480. The summed E-state index contributed by atoms with van der Waals surface area (Å²) in [7, 11) is 2.04. The molecule has 90 valence electrons. The van der Waals surface area contributed by atoms with Crippen LogP contribution in [0.1, 0.15) is 50.8 Å². The van der Waals surface area contributed by atoms with E-state index in [1.807, 2.05) is 7.05 Å². The highest BCUT2D eigenvalue weighted by Gasteiger charge is 2.28. The van der Waals surface area contributed by atoms with E-state index >= 15 is 0 Å². The first kappa shape index (κ1) is 12.0. The van der Waals surface area contributed by atoms with E-state index in [2.05, 4.69) is 27.2 Å². The average molecular weight is 239 g/mol. The molecule has 16 heavy (non-hydrogen) atoms. The molecule has 1 heterocycles. The summed E-state index contributed by atoms with van der Waals surface area (Å²) in [5.74, 6) is 1.71. The monoisotopic (exact) mass is 239 g/mol. The Labute approximate surface area is 102 Å². The zero-order valence-corrected chi connectivity index (χ0v) is 11.0. The summed E-state index contributed by atoms with van der Waals surface area (Å²) in [4.78, 5) is 0. The number of aromatic nitrogens is 2. The van der Waals surface area contributed by atoms with Crippen molar-refractivity contribution in [2.75, 3.05) is 7.05 Å². The first-order chi connectivity index (χ1) is 7.85. The minimum Gasteiger partial charge on any atom is -0.311 e. The molecule has 1 N–H and O–H groups in total. The summed E-state index contributed by atoms with van der Waals surface area (Å²) >= 11 is 1.45. The molecule has 0 spiro atoms. The highest BCUT2D eigenvalue weighted by Crippen LogP contribution is 2.37. The minimum atomic E-state index is 0.413. The Morgan fingerprint density at radius 1 is 1.44 bits per heavy atom. The molecule has 4 heteroatoms. The van der Waals surface area contributed by atoms with Crippen molar-refractivity contribution in [2.45, 2.75) is 45.1 Å². The van der Waals surface area contributed by atoms with Crippen LogP contribution in [0.2, 0.25) is 0 Å². The van der Waals surface area contributed by atoms with Crippen molar-refractivity contribution < 1.29 is 0 Å². The van der Waals surface area contributed by atoms with Gasteiger partial charge in [-0.1, -0.05) is 30.7 Å². The first-order valence-corrected chi connectivity index (χ1v) is 7.13. The summed E-state index contributed by atoms with van der Waals surface area (Å²) in [6.07, 6.45) is 6.78. The third kappa shape index (κ3) is 2.61. The smallest absolute Gasteiger partial charge is 0.0927 e. The van der Waals surface area contributed by atoms with Gasteiger partial charge in [0.15, 0.2) is 0 Å². The van der Waals surface area contributed by atoms with E-state index in [1.165, 1.54) is 43.6 Å². The average Bonchev–Trinajstić information content (AvgIpc) is 2.85. The van der Waals surface area contributed by atoms with Gasteiger partial charge in [0.05, 0.1) is 11.7 Å². The van der Waals surface area contributed by atoms with Gasteiger partial charge >= 0.3 is 0 Å². The lowest BCUT2D eigenvalue weighted by atomic mass is 9.77. The molecule has 1 fully saturated rings. The molecule has 0 saturated heterocycles. The molecule has 0 radical (unpaired) electrons. The van der Waals surface area contributed by atoms with Crippen LogP contribution >= 0.6 is 11.5 Å². The predicted octanol–water partition coefficient (Wildman–Crippen LogP) is 3.02. The van der Waals surface area contributed by atoms with Crippen LogP contribution < -0.4 is 5.32 Å². The fraction of sp³-hybridized carbons (Fsp3) is 0.833. The predicted molar refractivity (Wildman–Crippen MR) is 67.4 cm³/mol. The van der Waals surface area contributed by atoms with Gasteiger partial charge in [-0.15, -0.1) is 5.10 Å². The van der Waals surface area contributed by atoms with Gasteiger partial charge in [-0.3, -0.25) is 0 Å². The Morgan fingerprint density at radius 3 is 2.69 bits per heavy atom. The summed E-state index contributed by atoms with van der Waals surface area (Å²) in [6.45, 7) is 2.31. The zero-order chi connectivity index (χ0) is 11.4. The Morgan fingerprint density at radius 2 is 2.19 bits per heavy atom. The summed E-state index contributed by atoms with van der Waals surface area (Å²) in [5.41, 5.74) is 1.13. The van der Waals surface area contributed by atoms with E-state index in [-0.39, 0.29) is 0 Å². The first-order valence-electron chi connectivity index (χ1n) is 6.29. The van der Waals surface area contributed by atoms with Crippen LogP contribution in [0.3, 0.4) is 0 Å². The van der Waals surface area contributed by atoms with Crippen molar-refractivity contribution in [3.8, 4) is 0 Å². The number of hydrogen-bond donors (Lipinski definition) is 1. The highest BCUT2D eigenvalue weighted by molar-refractivity contribution is 7.03. The quantitative estimate of drug-likeness (QED) is 0.877. The van der Waals surface area contributed by atoms with Crippen molar-refractivity contribution in [1.29, 1.82) is 0 Å². The van der Waals surface area contributed by atoms with E-state index in [0.29, 0.717) is 6.04 Å². The standard InChI is InChI=1S/C12H21N3S/c1-3-9-4-6-10(7-5-9)12(13-2)11-8-16-15-14-11/h8-10,12-13H,3-7H2,1-2H3. The molecule has 1 atom stereocenters. The van der Waals surface area contributed by atoms with Gasteiger partial charge in [0.2, 0.25) is 0 Å². The molecule has 1 aliphatic rings. The van der Waals surface area contributed by atoms with Crippen LogP contribution in [0.15, 0.2) is 5.38 Å². The number of hydrogen-bond acceptors (Lipinski definition) is 4. The zero-order valence-electron chi connectivity index (χ0n) is 10.1. The molecule has 1 saturated carbocycles. The molecule has 0 aromatic carbocycles.